The van der Waals surface area contributed by atoms with Gasteiger partial charge in [-0.3, -0.25) is 0 Å². The van der Waals surface area contributed by atoms with Crippen LogP contribution in [0, 0.1) is 11.3 Å². The van der Waals surface area contributed by atoms with Gasteiger partial charge >= 0.3 is 0 Å². The van der Waals surface area contributed by atoms with Gasteiger partial charge in [0.05, 0.1) is 0 Å². The van der Waals surface area contributed by atoms with Gasteiger partial charge < -0.3 is 0 Å². The van der Waals surface area contributed by atoms with Crippen LogP contribution in [0.25, 0.3) is 0 Å². The molecule has 0 rings (SSSR count). The Bertz CT molecular complexity index is 636. The van der Waals surface area contributed by atoms with Crippen molar-refractivity contribution in [3.63, 3.8) is 0 Å². The molecule has 0 aromatic heterocycles. The Morgan fingerprint density at radius 1 is 0.476 bits per heavy atom. The van der Waals surface area contributed by atoms with E-state index in [4.69, 9.17) is 0 Å². The average Bonchev–Trinajstić information content (AvgIpc) is 2.99. The lowest BCUT2D eigenvalue weighted by Gasteiger charge is -2.32. The highest BCUT2D eigenvalue weighted by Gasteiger charge is 2.26. The minimum absolute atomic E-state index is 0.401. The molecule has 0 heteroatoms. The van der Waals surface area contributed by atoms with E-state index in [9.17, 15) is 0 Å². The summed E-state index contributed by atoms with van der Waals surface area (Å²) < 4.78 is 0. The van der Waals surface area contributed by atoms with E-state index >= 15 is 0 Å². The van der Waals surface area contributed by atoms with Gasteiger partial charge in [0.1, 0.15) is 0 Å². The zero-order chi connectivity index (χ0) is 30.8. The van der Waals surface area contributed by atoms with Gasteiger partial charge in [-0.2, -0.15) is 0 Å². The van der Waals surface area contributed by atoms with E-state index < -0.39 is 0 Å². The highest BCUT2D eigenvalue weighted by Crippen LogP contribution is 2.39. The Labute approximate surface area is 266 Å². The van der Waals surface area contributed by atoms with E-state index in [2.05, 4.69) is 76.1 Å². The van der Waals surface area contributed by atoms with Crippen LogP contribution in [0.3, 0.4) is 0 Å². The molecule has 0 spiro atoms. The number of hydrogen-bond acceptors (Lipinski definition) is 0. The van der Waals surface area contributed by atoms with Crippen molar-refractivity contribution < 1.29 is 0 Å². The second-order valence-corrected chi connectivity index (χ2v) is 13.4. The van der Waals surface area contributed by atoms with Gasteiger partial charge in [-0.05, 0) is 82.0 Å². The molecule has 0 N–H and O–H groups in total. The van der Waals surface area contributed by atoms with Gasteiger partial charge in [0, 0.05) is 0 Å². The Morgan fingerprint density at radius 3 is 1.19 bits per heavy atom. The summed E-state index contributed by atoms with van der Waals surface area (Å²) in [4.78, 5) is 0. The van der Waals surface area contributed by atoms with Gasteiger partial charge in [-0.25, -0.2) is 0 Å². The van der Waals surface area contributed by atoms with Crippen LogP contribution in [-0.2, 0) is 0 Å². The SMILES string of the molecule is C=CCCCCCCCCCCCCCCC(C=CC(C)CC=CCC)(CCCCC=C)CCCCCCCCC=C. The molecular weight excluding hydrogens is 504 g/mol. The molecule has 0 aliphatic carbocycles. The first-order valence-corrected chi connectivity index (χ1v) is 18.8. The lowest BCUT2D eigenvalue weighted by molar-refractivity contribution is 0.264. The molecule has 0 fully saturated rings. The average molecular weight is 581 g/mol. The molecule has 0 aromatic rings. The summed E-state index contributed by atoms with van der Waals surface area (Å²) in [6, 6.07) is 0. The fraction of sp³-hybridized carbons (Fsp3) is 0.762. The van der Waals surface area contributed by atoms with Gasteiger partial charge in [-0.15, -0.1) is 19.7 Å². The number of unbranched alkanes of at least 4 members (excludes halogenated alkanes) is 20. The molecule has 0 saturated carbocycles. The van der Waals surface area contributed by atoms with E-state index in [-0.39, 0.29) is 0 Å². The van der Waals surface area contributed by atoms with Crippen molar-refractivity contribution in [3.05, 3.63) is 62.3 Å². The predicted octanol–water partition coefficient (Wildman–Crippen LogP) is 15.2. The Morgan fingerprint density at radius 2 is 0.810 bits per heavy atom. The van der Waals surface area contributed by atoms with Crippen molar-refractivity contribution in [3.8, 4) is 0 Å². The van der Waals surface area contributed by atoms with Crippen LogP contribution in [0.4, 0.5) is 0 Å². The lowest BCUT2D eigenvalue weighted by Crippen LogP contribution is -2.19. The van der Waals surface area contributed by atoms with Crippen molar-refractivity contribution in [2.45, 2.75) is 194 Å². The van der Waals surface area contributed by atoms with Crippen LogP contribution in [0.1, 0.15) is 194 Å². The third kappa shape index (κ3) is 27.5. The van der Waals surface area contributed by atoms with Crippen LogP contribution in [-0.4, -0.2) is 0 Å². The molecular formula is C42H76. The third-order valence-electron chi connectivity index (χ3n) is 9.19. The summed E-state index contributed by atoms with van der Waals surface area (Å²) in [5.41, 5.74) is 0.401. The molecule has 0 aliphatic heterocycles. The van der Waals surface area contributed by atoms with E-state index in [1.54, 1.807) is 0 Å². The molecule has 0 saturated heterocycles. The summed E-state index contributed by atoms with van der Waals surface area (Å²) in [7, 11) is 0. The summed E-state index contributed by atoms with van der Waals surface area (Å²) in [6.45, 7) is 16.3. The van der Waals surface area contributed by atoms with Crippen molar-refractivity contribution in [1.29, 1.82) is 0 Å². The van der Waals surface area contributed by atoms with E-state index in [1.807, 2.05) is 0 Å². The summed E-state index contributed by atoms with van der Waals surface area (Å²) in [5.74, 6) is 0.636. The lowest BCUT2D eigenvalue weighted by atomic mass is 9.73. The molecule has 0 nitrogen and oxygen atoms in total. The van der Waals surface area contributed by atoms with Crippen LogP contribution in [0.2, 0.25) is 0 Å². The standard InChI is InChI=1S/C42H76/c1-6-10-14-17-19-21-22-23-24-25-26-28-30-34-39-42(37-32-16-12-8-3,40-36-41(5)35-31-13-9-4)38-33-29-27-20-18-15-11-7-2/h6-8,13,31,36,40-41H,1-3,9-12,14-30,32-35,37-39H2,4-5H3. The molecule has 244 valence electrons. The minimum Gasteiger partial charge on any atom is -0.103 e. The largest absolute Gasteiger partial charge is 0.103 e. The molecule has 0 radical (unpaired) electrons. The smallest absolute Gasteiger partial charge is 0.0118 e. The summed E-state index contributed by atoms with van der Waals surface area (Å²) in [5, 5.41) is 0. The molecule has 0 heterocycles. The van der Waals surface area contributed by atoms with Crippen LogP contribution in [0.15, 0.2) is 62.3 Å². The highest BCUT2D eigenvalue weighted by molar-refractivity contribution is 5.03. The van der Waals surface area contributed by atoms with Gasteiger partial charge in [0.15, 0.2) is 0 Å². The zero-order valence-corrected chi connectivity index (χ0v) is 29.0. The van der Waals surface area contributed by atoms with Gasteiger partial charge in [-0.1, -0.05) is 166 Å². The first kappa shape index (κ1) is 40.7. The number of hydrogen-bond donors (Lipinski definition) is 0. The van der Waals surface area contributed by atoms with E-state index in [0.717, 1.165) is 12.8 Å². The van der Waals surface area contributed by atoms with Crippen molar-refractivity contribution >= 4 is 0 Å². The Balaban J connectivity index is 4.75. The van der Waals surface area contributed by atoms with Crippen molar-refractivity contribution in [1.82, 2.24) is 0 Å². The van der Waals surface area contributed by atoms with E-state index in [0.29, 0.717) is 11.3 Å². The quantitative estimate of drug-likeness (QED) is 0.0524. The summed E-state index contributed by atoms with van der Waals surface area (Å²) >= 11 is 0. The fourth-order valence-electron chi connectivity index (χ4n) is 6.32. The fourth-order valence-corrected chi connectivity index (χ4v) is 6.32. The summed E-state index contributed by atoms with van der Waals surface area (Å²) in [6.07, 6.45) is 54.2. The number of allylic oxidation sites excluding steroid dienone is 7. The number of rotatable bonds is 34. The molecule has 0 aliphatic rings. The van der Waals surface area contributed by atoms with Crippen molar-refractivity contribution in [2.24, 2.45) is 11.3 Å². The zero-order valence-electron chi connectivity index (χ0n) is 29.0. The van der Waals surface area contributed by atoms with Crippen LogP contribution in [0.5, 0.6) is 0 Å². The van der Waals surface area contributed by atoms with Crippen LogP contribution < -0.4 is 0 Å². The van der Waals surface area contributed by atoms with E-state index in [1.165, 1.54) is 167 Å². The van der Waals surface area contributed by atoms with Crippen molar-refractivity contribution in [2.75, 3.05) is 0 Å². The highest BCUT2D eigenvalue weighted by atomic mass is 14.3. The van der Waals surface area contributed by atoms with Gasteiger partial charge in [0.2, 0.25) is 0 Å². The second kappa shape index (κ2) is 32.6. The minimum atomic E-state index is 0.401. The maximum atomic E-state index is 3.98. The predicted molar refractivity (Wildman–Crippen MR) is 195 cm³/mol. The Kier molecular flexibility index (Phi) is 31.6. The normalized spacial score (nSPS) is 14.0. The molecule has 0 amide bonds. The molecule has 42 heavy (non-hydrogen) atoms. The maximum absolute atomic E-state index is 3.98. The third-order valence-corrected chi connectivity index (χ3v) is 9.19. The Hall–Kier alpha value is -1.30. The molecule has 0 aromatic carbocycles. The first-order chi connectivity index (χ1) is 20.6. The molecule has 0 bridgehead atoms. The van der Waals surface area contributed by atoms with Crippen LogP contribution >= 0.6 is 0 Å². The first-order valence-electron chi connectivity index (χ1n) is 18.8. The topological polar surface area (TPSA) is 0 Å². The van der Waals surface area contributed by atoms with Gasteiger partial charge in [0.25, 0.3) is 0 Å². The molecule has 2 atom stereocenters. The molecule has 2 unspecified atom stereocenters. The maximum Gasteiger partial charge on any atom is -0.0118 e. The monoisotopic (exact) mass is 581 g/mol. The second-order valence-electron chi connectivity index (χ2n) is 13.4.